The molecule has 0 heterocycles. The Bertz CT molecular complexity index is 503. The SMILES string of the molecule is CN(Cc1cccc(F)c1)C(=O)NCC(C)(C)C(=O)O. The molecule has 2 amide bonds. The van der Waals surface area contributed by atoms with Crippen molar-refractivity contribution in [2.45, 2.75) is 20.4 Å². The van der Waals surface area contributed by atoms with Crippen molar-refractivity contribution in [1.82, 2.24) is 10.2 Å². The van der Waals surface area contributed by atoms with Gasteiger partial charge in [-0.2, -0.15) is 0 Å². The molecule has 0 saturated heterocycles. The number of carboxylic acid groups (broad SMARTS) is 1. The second-order valence-corrected chi connectivity index (χ2v) is 5.33. The minimum absolute atomic E-state index is 0.0225. The van der Waals surface area contributed by atoms with Gasteiger partial charge in [-0.15, -0.1) is 0 Å². The highest BCUT2D eigenvalue weighted by molar-refractivity contribution is 5.77. The molecular weight excluding hydrogens is 263 g/mol. The van der Waals surface area contributed by atoms with Gasteiger partial charge in [0.15, 0.2) is 0 Å². The van der Waals surface area contributed by atoms with Gasteiger partial charge < -0.3 is 15.3 Å². The van der Waals surface area contributed by atoms with Gasteiger partial charge in [0.25, 0.3) is 0 Å². The second-order valence-electron chi connectivity index (χ2n) is 5.33. The van der Waals surface area contributed by atoms with Crippen molar-refractivity contribution < 1.29 is 19.1 Å². The molecule has 0 spiro atoms. The van der Waals surface area contributed by atoms with Gasteiger partial charge in [0.1, 0.15) is 5.82 Å². The molecular formula is C14H19FN2O3. The lowest BCUT2D eigenvalue weighted by Gasteiger charge is -2.23. The van der Waals surface area contributed by atoms with Crippen LogP contribution in [-0.2, 0) is 11.3 Å². The second kappa shape index (κ2) is 6.36. The number of carboxylic acids is 1. The molecule has 0 aliphatic carbocycles. The number of hydrogen-bond donors (Lipinski definition) is 2. The van der Waals surface area contributed by atoms with Crippen molar-refractivity contribution in [3.8, 4) is 0 Å². The van der Waals surface area contributed by atoms with Gasteiger partial charge in [0.2, 0.25) is 0 Å². The molecule has 0 bridgehead atoms. The molecule has 0 unspecified atom stereocenters. The Morgan fingerprint density at radius 3 is 2.60 bits per heavy atom. The summed E-state index contributed by atoms with van der Waals surface area (Å²) < 4.78 is 13.0. The molecule has 6 heteroatoms. The number of aliphatic carboxylic acids is 1. The van der Waals surface area contributed by atoms with Crippen LogP contribution in [0.5, 0.6) is 0 Å². The van der Waals surface area contributed by atoms with Crippen molar-refractivity contribution in [3.05, 3.63) is 35.6 Å². The fourth-order valence-electron chi connectivity index (χ4n) is 1.49. The van der Waals surface area contributed by atoms with Gasteiger partial charge in [-0.3, -0.25) is 4.79 Å². The number of halogens is 1. The fraction of sp³-hybridized carbons (Fsp3) is 0.429. The molecule has 2 N–H and O–H groups in total. The van der Waals surface area contributed by atoms with E-state index in [1.807, 2.05) is 0 Å². The maximum Gasteiger partial charge on any atom is 0.317 e. The van der Waals surface area contributed by atoms with E-state index >= 15 is 0 Å². The van der Waals surface area contributed by atoms with Crippen LogP contribution in [0, 0.1) is 11.2 Å². The molecule has 20 heavy (non-hydrogen) atoms. The monoisotopic (exact) mass is 282 g/mol. The first-order valence-electron chi connectivity index (χ1n) is 6.19. The molecule has 0 aromatic heterocycles. The van der Waals surface area contributed by atoms with E-state index in [4.69, 9.17) is 5.11 Å². The molecule has 1 aromatic carbocycles. The molecule has 0 aliphatic rings. The number of rotatable bonds is 5. The summed E-state index contributed by atoms with van der Waals surface area (Å²) in [5.41, 5.74) is -0.366. The third kappa shape index (κ3) is 4.53. The first-order chi connectivity index (χ1) is 9.22. The van der Waals surface area contributed by atoms with Gasteiger partial charge in [0.05, 0.1) is 5.41 Å². The number of nitrogens with one attached hydrogen (secondary N) is 1. The normalized spacial score (nSPS) is 11.0. The minimum atomic E-state index is -1.03. The maximum atomic E-state index is 13.0. The molecule has 110 valence electrons. The van der Waals surface area contributed by atoms with Gasteiger partial charge in [-0.05, 0) is 31.5 Å². The molecule has 0 radical (unpaired) electrons. The summed E-state index contributed by atoms with van der Waals surface area (Å²) in [4.78, 5) is 24.1. The number of carbonyl (C=O) groups excluding carboxylic acids is 1. The zero-order valence-corrected chi connectivity index (χ0v) is 11.8. The van der Waals surface area contributed by atoms with Crippen LogP contribution >= 0.6 is 0 Å². The quantitative estimate of drug-likeness (QED) is 0.868. The van der Waals surface area contributed by atoms with Crippen molar-refractivity contribution in [3.63, 3.8) is 0 Å². The van der Waals surface area contributed by atoms with E-state index in [1.165, 1.54) is 30.9 Å². The third-order valence-corrected chi connectivity index (χ3v) is 2.92. The average Bonchev–Trinajstić information content (AvgIpc) is 2.35. The first-order valence-corrected chi connectivity index (χ1v) is 6.19. The van der Waals surface area contributed by atoms with Crippen LogP contribution in [0.2, 0.25) is 0 Å². The lowest BCUT2D eigenvalue weighted by atomic mass is 9.94. The predicted octanol–water partition coefficient (Wildman–Crippen LogP) is 2.08. The zero-order valence-electron chi connectivity index (χ0n) is 11.8. The number of hydrogen-bond acceptors (Lipinski definition) is 2. The van der Waals surface area contributed by atoms with Crippen LogP contribution in [0.15, 0.2) is 24.3 Å². The standard InChI is InChI=1S/C14H19FN2O3/c1-14(2,12(18)19)9-16-13(20)17(3)8-10-5-4-6-11(15)7-10/h4-7H,8-9H2,1-3H3,(H,16,20)(H,18,19). The van der Waals surface area contributed by atoms with Crippen molar-refractivity contribution in [1.29, 1.82) is 0 Å². The van der Waals surface area contributed by atoms with E-state index in [9.17, 15) is 14.0 Å². The van der Waals surface area contributed by atoms with E-state index in [0.29, 0.717) is 5.56 Å². The van der Waals surface area contributed by atoms with Crippen molar-refractivity contribution >= 4 is 12.0 Å². The molecule has 0 aliphatic heterocycles. The van der Waals surface area contributed by atoms with E-state index in [-0.39, 0.29) is 18.9 Å². The lowest BCUT2D eigenvalue weighted by molar-refractivity contribution is -0.146. The zero-order chi connectivity index (χ0) is 15.3. The molecule has 0 atom stereocenters. The van der Waals surface area contributed by atoms with Crippen LogP contribution in [-0.4, -0.2) is 35.6 Å². The highest BCUT2D eigenvalue weighted by atomic mass is 19.1. The Morgan fingerprint density at radius 1 is 1.40 bits per heavy atom. The van der Waals surface area contributed by atoms with Gasteiger partial charge in [0, 0.05) is 20.1 Å². The first kappa shape index (κ1) is 15.9. The summed E-state index contributed by atoms with van der Waals surface area (Å²) in [6.45, 7) is 3.33. The molecule has 0 fully saturated rings. The molecule has 5 nitrogen and oxygen atoms in total. The highest BCUT2D eigenvalue weighted by Crippen LogP contribution is 2.13. The Hall–Kier alpha value is -2.11. The summed E-state index contributed by atoms with van der Waals surface area (Å²) in [5.74, 6) is -1.34. The summed E-state index contributed by atoms with van der Waals surface area (Å²) in [6, 6.07) is 5.57. The Kier molecular flexibility index (Phi) is 5.07. The summed E-state index contributed by atoms with van der Waals surface area (Å²) >= 11 is 0. The Balaban J connectivity index is 2.54. The van der Waals surface area contributed by atoms with Crippen LogP contribution in [0.25, 0.3) is 0 Å². The van der Waals surface area contributed by atoms with Gasteiger partial charge in [-0.1, -0.05) is 12.1 Å². The molecule has 1 aromatic rings. The largest absolute Gasteiger partial charge is 0.481 e. The van der Waals surface area contributed by atoms with Crippen molar-refractivity contribution in [2.75, 3.05) is 13.6 Å². The van der Waals surface area contributed by atoms with Crippen LogP contribution in [0.1, 0.15) is 19.4 Å². The topological polar surface area (TPSA) is 69.6 Å². The molecule has 1 rings (SSSR count). The van der Waals surface area contributed by atoms with E-state index in [0.717, 1.165) is 0 Å². The lowest BCUT2D eigenvalue weighted by Crippen LogP contribution is -2.43. The summed E-state index contributed by atoms with van der Waals surface area (Å²) in [6.07, 6.45) is 0. The molecule has 0 saturated carbocycles. The number of nitrogens with zero attached hydrogens (tertiary/aromatic N) is 1. The Morgan fingerprint density at radius 2 is 2.05 bits per heavy atom. The number of urea groups is 1. The van der Waals surface area contributed by atoms with Crippen LogP contribution in [0.3, 0.4) is 0 Å². The fourth-order valence-corrected chi connectivity index (χ4v) is 1.49. The minimum Gasteiger partial charge on any atom is -0.481 e. The number of carbonyl (C=O) groups is 2. The van der Waals surface area contributed by atoms with Crippen molar-refractivity contribution in [2.24, 2.45) is 5.41 Å². The highest BCUT2D eigenvalue weighted by Gasteiger charge is 2.28. The van der Waals surface area contributed by atoms with Crippen LogP contribution < -0.4 is 5.32 Å². The van der Waals surface area contributed by atoms with E-state index < -0.39 is 17.4 Å². The number of benzene rings is 1. The predicted molar refractivity (Wildman–Crippen MR) is 72.7 cm³/mol. The smallest absolute Gasteiger partial charge is 0.317 e. The van der Waals surface area contributed by atoms with E-state index in [2.05, 4.69) is 5.32 Å². The third-order valence-electron chi connectivity index (χ3n) is 2.92. The Labute approximate surface area is 117 Å². The van der Waals surface area contributed by atoms with Crippen LogP contribution in [0.4, 0.5) is 9.18 Å². The summed E-state index contributed by atoms with van der Waals surface area (Å²) in [5, 5.41) is 11.5. The van der Waals surface area contributed by atoms with Gasteiger partial charge in [-0.25, -0.2) is 9.18 Å². The number of amides is 2. The average molecular weight is 282 g/mol. The van der Waals surface area contributed by atoms with E-state index in [1.54, 1.807) is 19.2 Å². The van der Waals surface area contributed by atoms with Gasteiger partial charge >= 0.3 is 12.0 Å². The maximum absolute atomic E-state index is 13.0. The summed E-state index contributed by atoms with van der Waals surface area (Å²) in [7, 11) is 1.56.